The van der Waals surface area contributed by atoms with Crippen LogP contribution in [-0.2, 0) is 13.2 Å². The molecule has 0 saturated heterocycles. The van der Waals surface area contributed by atoms with E-state index in [9.17, 15) is 8.78 Å². The average molecular weight is 368 g/mol. The Labute approximate surface area is 156 Å². The monoisotopic (exact) mass is 368 g/mol. The molecule has 0 fully saturated rings. The van der Waals surface area contributed by atoms with Crippen LogP contribution in [0.25, 0.3) is 0 Å². The minimum Gasteiger partial charge on any atom is -0.459 e. The van der Waals surface area contributed by atoms with Crippen LogP contribution in [-0.4, -0.2) is 28.3 Å². The highest BCUT2D eigenvalue weighted by Crippen LogP contribution is 2.17. The third kappa shape index (κ3) is 5.57. The largest absolute Gasteiger partial charge is 0.459 e. The molecule has 0 radical (unpaired) electrons. The predicted octanol–water partition coefficient (Wildman–Crippen LogP) is 4.13. The predicted molar refractivity (Wildman–Crippen MR) is 98.8 cm³/mol. The van der Waals surface area contributed by atoms with Gasteiger partial charge in [0.15, 0.2) is 11.6 Å². The molecule has 0 N–H and O–H groups in total. The number of hydrogen-bond acceptors (Lipinski definition) is 4. The first kappa shape index (κ1) is 18.4. The van der Waals surface area contributed by atoms with Crippen LogP contribution in [0.3, 0.4) is 0 Å². The Morgan fingerprint density at radius 2 is 1.78 bits per heavy atom. The summed E-state index contributed by atoms with van der Waals surface area (Å²) < 4.78 is 32.2. The number of benzene rings is 2. The lowest BCUT2D eigenvalue weighted by molar-refractivity contribution is 0.279. The summed E-state index contributed by atoms with van der Waals surface area (Å²) in [4.78, 5) is 13.7. The molecule has 0 bridgehead atoms. The van der Waals surface area contributed by atoms with E-state index in [1.807, 2.05) is 42.3 Å². The topological polar surface area (TPSA) is 50.6 Å². The molecule has 0 saturated carbocycles. The average Bonchev–Trinajstić information content (AvgIpc) is 2.68. The molecule has 0 amide bonds. The second-order valence-corrected chi connectivity index (χ2v) is 5.88. The molecule has 2 aromatic carbocycles. The minimum absolute atomic E-state index is 0.00131. The summed E-state index contributed by atoms with van der Waals surface area (Å²) in [5.41, 5.74) is 1.86. The smallest absolute Gasteiger partial charge is 0.318 e. The van der Waals surface area contributed by atoms with E-state index in [4.69, 9.17) is 4.74 Å². The van der Waals surface area contributed by atoms with Crippen molar-refractivity contribution in [2.24, 2.45) is 4.99 Å². The van der Waals surface area contributed by atoms with Gasteiger partial charge in [-0.05, 0) is 23.3 Å². The molecule has 0 aliphatic carbocycles. The van der Waals surface area contributed by atoms with Crippen molar-refractivity contribution in [1.29, 1.82) is 0 Å². The molecule has 3 rings (SSSR count). The highest BCUT2D eigenvalue weighted by molar-refractivity contribution is 5.59. The number of hydrogen-bond donors (Lipinski definition) is 0. The standard InChI is InChI=1S/C20H18F2N4O/c1-26(12-15-5-3-2-4-6-15)14-24-19-18(22)11-23-20(25-19)27-13-16-7-9-17(21)10-8-16/h2-11,14H,12-13H2,1H3. The van der Waals surface area contributed by atoms with Crippen molar-refractivity contribution in [2.75, 3.05) is 7.05 Å². The first-order valence-electron chi connectivity index (χ1n) is 8.28. The molecule has 138 valence electrons. The van der Waals surface area contributed by atoms with Crippen molar-refractivity contribution in [3.8, 4) is 6.01 Å². The fourth-order valence-corrected chi connectivity index (χ4v) is 2.30. The fraction of sp³-hybridized carbons (Fsp3) is 0.150. The molecular weight excluding hydrogens is 350 g/mol. The van der Waals surface area contributed by atoms with Gasteiger partial charge in [0.05, 0.1) is 12.5 Å². The van der Waals surface area contributed by atoms with Gasteiger partial charge in [-0.25, -0.2) is 18.8 Å². The molecule has 0 atom stereocenters. The summed E-state index contributed by atoms with van der Waals surface area (Å²) in [5, 5.41) is 0. The molecular formula is C20H18F2N4O. The van der Waals surface area contributed by atoms with Gasteiger partial charge in [-0.1, -0.05) is 42.5 Å². The molecule has 1 aromatic heterocycles. The van der Waals surface area contributed by atoms with Crippen molar-refractivity contribution >= 4 is 12.2 Å². The second-order valence-electron chi connectivity index (χ2n) is 5.88. The lowest BCUT2D eigenvalue weighted by atomic mass is 10.2. The quantitative estimate of drug-likeness (QED) is 0.465. The molecule has 3 aromatic rings. The molecule has 7 heteroatoms. The van der Waals surface area contributed by atoms with E-state index in [2.05, 4.69) is 15.0 Å². The van der Waals surface area contributed by atoms with Gasteiger partial charge >= 0.3 is 6.01 Å². The Hall–Kier alpha value is -3.35. The summed E-state index contributed by atoms with van der Waals surface area (Å²) in [7, 11) is 1.83. The summed E-state index contributed by atoms with van der Waals surface area (Å²) in [6.07, 6.45) is 2.51. The Morgan fingerprint density at radius 3 is 2.52 bits per heavy atom. The van der Waals surface area contributed by atoms with E-state index < -0.39 is 5.82 Å². The van der Waals surface area contributed by atoms with Crippen LogP contribution in [0.15, 0.2) is 65.8 Å². The van der Waals surface area contributed by atoms with E-state index in [1.54, 1.807) is 12.1 Å². The van der Waals surface area contributed by atoms with Gasteiger partial charge in [-0.15, -0.1) is 0 Å². The van der Waals surface area contributed by atoms with Crippen LogP contribution < -0.4 is 4.74 Å². The van der Waals surface area contributed by atoms with E-state index in [-0.39, 0.29) is 24.3 Å². The van der Waals surface area contributed by atoms with Crippen LogP contribution >= 0.6 is 0 Å². The Bertz CT molecular complexity index is 902. The third-order valence-corrected chi connectivity index (χ3v) is 3.64. The number of aromatic nitrogens is 2. The van der Waals surface area contributed by atoms with Crippen LogP contribution in [0.2, 0.25) is 0 Å². The maximum absolute atomic E-state index is 13.9. The maximum Gasteiger partial charge on any atom is 0.318 e. The van der Waals surface area contributed by atoms with Crippen molar-refractivity contribution in [3.63, 3.8) is 0 Å². The van der Waals surface area contributed by atoms with Crippen molar-refractivity contribution in [1.82, 2.24) is 14.9 Å². The molecule has 0 aliphatic rings. The Balaban J connectivity index is 1.63. The van der Waals surface area contributed by atoms with Gasteiger partial charge in [0, 0.05) is 13.6 Å². The van der Waals surface area contributed by atoms with Crippen LogP contribution in [0.5, 0.6) is 6.01 Å². The van der Waals surface area contributed by atoms with E-state index in [1.165, 1.54) is 18.5 Å². The van der Waals surface area contributed by atoms with Gasteiger partial charge < -0.3 is 9.64 Å². The first-order chi connectivity index (χ1) is 13.1. The second kappa shape index (κ2) is 8.84. The summed E-state index contributed by atoms with van der Waals surface area (Å²) in [6, 6.07) is 15.7. The van der Waals surface area contributed by atoms with Gasteiger partial charge in [-0.3, -0.25) is 0 Å². The molecule has 0 aliphatic heterocycles. The summed E-state index contributed by atoms with van der Waals surface area (Å²) >= 11 is 0. The number of aliphatic imine (C=N–C) groups is 1. The van der Waals surface area contributed by atoms with Crippen LogP contribution in [0.1, 0.15) is 11.1 Å². The first-order valence-corrected chi connectivity index (χ1v) is 8.28. The molecule has 5 nitrogen and oxygen atoms in total. The highest BCUT2D eigenvalue weighted by Gasteiger charge is 2.07. The Morgan fingerprint density at radius 1 is 1.04 bits per heavy atom. The van der Waals surface area contributed by atoms with Gasteiger partial charge in [0.25, 0.3) is 0 Å². The lowest BCUT2D eigenvalue weighted by Crippen LogP contribution is -2.15. The van der Waals surface area contributed by atoms with Crippen LogP contribution in [0, 0.1) is 11.6 Å². The molecule has 0 spiro atoms. The van der Waals surface area contributed by atoms with Crippen molar-refractivity contribution < 1.29 is 13.5 Å². The summed E-state index contributed by atoms with van der Waals surface area (Å²) in [5.74, 6) is -1.08. The van der Waals surface area contributed by atoms with Gasteiger partial charge in [0.1, 0.15) is 12.4 Å². The number of nitrogens with zero attached hydrogens (tertiary/aromatic N) is 4. The number of ether oxygens (including phenoxy) is 1. The molecule has 27 heavy (non-hydrogen) atoms. The molecule has 0 unspecified atom stereocenters. The van der Waals surface area contributed by atoms with Crippen molar-refractivity contribution in [2.45, 2.75) is 13.2 Å². The summed E-state index contributed by atoms with van der Waals surface area (Å²) in [6.45, 7) is 0.772. The highest BCUT2D eigenvalue weighted by atomic mass is 19.1. The van der Waals surface area contributed by atoms with Gasteiger partial charge in [-0.2, -0.15) is 4.98 Å². The van der Waals surface area contributed by atoms with Gasteiger partial charge in [0.2, 0.25) is 0 Å². The Kier molecular flexibility index (Phi) is 6.04. The number of rotatable bonds is 7. The number of halogens is 2. The lowest BCUT2D eigenvalue weighted by Gasteiger charge is -2.12. The maximum atomic E-state index is 13.9. The van der Waals surface area contributed by atoms with E-state index in [0.29, 0.717) is 6.54 Å². The fourth-order valence-electron chi connectivity index (χ4n) is 2.30. The third-order valence-electron chi connectivity index (χ3n) is 3.64. The molecule has 1 heterocycles. The van der Waals surface area contributed by atoms with E-state index in [0.717, 1.165) is 17.3 Å². The normalized spacial score (nSPS) is 10.9. The van der Waals surface area contributed by atoms with Crippen LogP contribution in [0.4, 0.5) is 14.6 Å². The van der Waals surface area contributed by atoms with Crippen molar-refractivity contribution in [3.05, 3.63) is 83.6 Å². The SMILES string of the molecule is CN(C=Nc1nc(OCc2ccc(F)cc2)ncc1F)Cc1ccccc1. The van der Waals surface area contributed by atoms with E-state index >= 15 is 0 Å². The zero-order chi connectivity index (χ0) is 19.1. The zero-order valence-corrected chi connectivity index (χ0v) is 14.7. The minimum atomic E-state index is -0.645. The zero-order valence-electron chi connectivity index (χ0n) is 14.7.